The lowest BCUT2D eigenvalue weighted by Gasteiger charge is -2.19. The second-order valence-corrected chi connectivity index (χ2v) is 3.51. The van der Waals surface area contributed by atoms with Gasteiger partial charge in [-0.05, 0) is 19.9 Å². The Labute approximate surface area is 102 Å². The van der Waals surface area contributed by atoms with Crippen molar-refractivity contribution in [3.8, 4) is 5.88 Å². The minimum absolute atomic E-state index is 0.0887. The number of likely N-dealkylation sites (N-methyl/N-ethyl adjacent to an activating group) is 1. The summed E-state index contributed by atoms with van der Waals surface area (Å²) in [4.78, 5) is 17.6. The number of nitrogens with zero attached hydrogens (tertiary/aromatic N) is 2. The van der Waals surface area contributed by atoms with Gasteiger partial charge in [-0.2, -0.15) is 0 Å². The number of ether oxygens (including phenoxy) is 1. The average molecular weight is 237 g/mol. The third-order valence-electron chi connectivity index (χ3n) is 2.51. The van der Waals surface area contributed by atoms with Gasteiger partial charge in [0.15, 0.2) is 0 Å². The molecule has 0 unspecified atom stereocenters. The number of hydrogen-bond acceptors (Lipinski definition) is 4. The maximum Gasteiger partial charge on any atom is 0.241 e. The number of amides is 1. The Morgan fingerprint density at radius 2 is 2.12 bits per heavy atom. The van der Waals surface area contributed by atoms with Gasteiger partial charge in [-0.3, -0.25) is 4.79 Å². The van der Waals surface area contributed by atoms with Crippen LogP contribution >= 0.6 is 0 Å². The Kier molecular flexibility index (Phi) is 5.26. The zero-order valence-electron chi connectivity index (χ0n) is 10.6. The molecule has 0 fully saturated rings. The molecule has 0 aromatic carbocycles. The van der Waals surface area contributed by atoms with Crippen LogP contribution in [0, 0.1) is 0 Å². The maximum atomic E-state index is 11.7. The van der Waals surface area contributed by atoms with E-state index >= 15 is 0 Å². The number of aromatic nitrogens is 1. The van der Waals surface area contributed by atoms with Crippen LogP contribution < -0.4 is 10.1 Å². The Bertz CT molecular complexity index is 347. The number of rotatable bonds is 6. The highest BCUT2D eigenvalue weighted by Crippen LogP contribution is 2.10. The van der Waals surface area contributed by atoms with E-state index in [9.17, 15) is 4.79 Å². The summed E-state index contributed by atoms with van der Waals surface area (Å²) in [6.45, 7) is 5.69. The molecule has 5 heteroatoms. The Hall–Kier alpha value is -1.78. The van der Waals surface area contributed by atoms with E-state index in [0.717, 1.165) is 18.8 Å². The highest BCUT2D eigenvalue weighted by molar-refractivity contribution is 5.80. The van der Waals surface area contributed by atoms with Crippen LogP contribution in [-0.2, 0) is 4.79 Å². The summed E-state index contributed by atoms with van der Waals surface area (Å²) < 4.78 is 4.95. The second-order valence-electron chi connectivity index (χ2n) is 3.51. The molecule has 0 radical (unpaired) electrons. The summed E-state index contributed by atoms with van der Waals surface area (Å²) in [6.07, 6.45) is 1.65. The van der Waals surface area contributed by atoms with Crippen LogP contribution in [0.1, 0.15) is 13.8 Å². The first-order chi connectivity index (χ1) is 8.21. The minimum Gasteiger partial charge on any atom is -0.481 e. The number of hydrogen-bond donors (Lipinski definition) is 1. The van der Waals surface area contributed by atoms with Crippen molar-refractivity contribution in [1.29, 1.82) is 0 Å². The quantitative estimate of drug-likeness (QED) is 0.812. The summed E-state index contributed by atoms with van der Waals surface area (Å²) in [5.41, 5.74) is 0.811. The molecule has 0 bridgehead atoms. The van der Waals surface area contributed by atoms with Crippen molar-refractivity contribution in [2.45, 2.75) is 13.8 Å². The first kappa shape index (κ1) is 13.3. The van der Waals surface area contributed by atoms with Gasteiger partial charge in [0.2, 0.25) is 11.8 Å². The molecular weight excluding hydrogens is 218 g/mol. The van der Waals surface area contributed by atoms with Gasteiger partial charge in [-0.15, -0.1) is 0 Å². The van der Waals surface area contributed by atoms with Crippen molar-refractivity contribution in [2.24, 2.45) is 0 Å². The first-order valence-electron chi connectivity index (χ1n) is 5.73. The largest absolute Gasteiger partial charge is 0.481 e. The summed E-state index contributed by atoms with van der Waals surface area (Å²) in [5.74, 6) is 0.649. The van der Waals surface area contributed by atoms with E-state index in [1.54, 1.807) is 24.3 Å². The van der Waals surface area contributed by atoms with E-state index in [0.29, 0.717) is 5.88 Å². The van der Waals surface area contributed by atoms with Crippen LogP contribution in [0.3, 0.4) is 0 Å². The van der Waals surface area contributed by atoms with Crippen molar-refractivity contribution in [3.63, 3.8) is 0 Å². The fourth-order valence-electron chi connectivity index (χ4n) is 1.47. The molecule has 17 heavy (non-hydrogen) atoms. The van der Waals surface area contributed by atoms with Gasteiger partial charge < -0.3 is 15.0 Å². The van der Waals surface area contributed by atoms with Crippen LogP contribution in [0.25, 0.3) is 0 Å². The van der Waals surface area contributed by atoms with Gasteiger partial charge in [0.05, 0.1) is 25.5 Å². The third kappa shape index (κ3) is 3.94. The van der Waals surface area contributed by atoms with Crippen LogP contribution in [-0.4, -0.2) is 42.5 Å². The Morgan fingerprint density at radius 1 is 1.41 bits per heavy atom. The predicted octanol–water partition coefficient (Wildman–Crippen LogP) is 1.37. The molecule has 0 saturated carbocycles. The van der Waals surface area contributed by atoms with Crippen LogP contribution in [0.15, 0.2) is 18.3 Å². The third-order valence-corrected chi connectivity index (χ3v) is 2.51. The van der Waals surface area contributed by atoms with Gasteiger partial charge in [-0.1, -0.05) is 0 Å². The van der Waals surface area contributed by atoms with Gasteiger partial charge in [0.1, 0.15) is 0 Å². The van der Waals surface area contributed by atoms with Crippen molar-refractivity contribution in [3.05, 3.63) is 18.3 Å². The molecule has 1 amide bonds. The number of nitrogens with one attached hydrogen (secondary N) is 1. The van der Waals surface area contributed by atoms with Crippen LogP contribution in [0.4, 0.5) is 5.69 Å². The molecule has 1 N–H and O–H groups in total. The van der Waals surface area contributed by atoms with E-state index < -0.39 is 0 Å². The fraction of sp³-hybridized carbons (Fsp3) is 0.500. The minimum atomic E-state index is 0.0887. The highest BCUT2D eigenvalue weighted by atomic mass is 16.5. The van der Waals surface area contributed by atoms with E-state index in [1.807, 2.05) is 19.9 Å². The normalized spacial score (nSPS) is 9.82. The van der Waals surface area contributed by atoms with E-state index in [4.69, 9.17) is 4.74 Å². The number of pyridine rings is 1. The smallest absolute Gasteiger partial charge is 0.241 e. The summed E-state index contributed by atoms with van der Waals surface area (Å²) in [6, 6.07) is 3.59. The number of carbonyl (C=O) groups is 1. The molecule has 0 aliphatic carbocycles. The van der Waals surface area contributed by atoms with Crippen molar-refractivity contribution in [1.82, 2.24) is 9.88 Å². The second kappa shape index (κ2) is 6.73. The van der Waals surface area contributed by atoms with Crippen molar-refractivity contribution in [2.75, 3.05) is 32.1 Å². The van der Waals surface area contributed by atoms with Gasteiger partial charge >= 0.3 is 0 Å². The zero-order valence-corrected chi connectivity index (χ0v) is 10.6. The van der Waals surface area contributed by atoms with Crippen LogP contribution in [0.2, 0.25) is 0 Å². The lowest BCUT2D eigenvalue weighted by Crippen LogP contribution is -2.35. The van der Waals surface area contributed by atoms with Crippen LogP contribution in [0.5, 0.6) is 5.88 Å². The molecular formula is C12H19N3O2. The number of methoxy groups -OCH3 is 1. The Balaban J connectivity index is 2.46. The van der Waals surface area contributed by atoms with E-state index in [-0.39, 0.29) is 12.5 Å². The highest BCUT2D eigenvalue weighted by Gasteiger charge is 2.08. The summed E-state index contributed by atoms with van der Waals surface area (Å²) in [5, 5.41) is 3.04. The molecule has 0 atom stereocenters. The molecule has 94 valence electrons. The predicted molar refractivity (Wildman–Crippen MR) is 67.2 cm³/mol. The lowest BCUT2D eigenvalue weighted by molar-refractivity contribution is -0.128. The van der Waals surface area contributed by atoms with Crippen molar-refractivity contribution < 1.29 is 9.53 Å². The van der Waals surface area contributed by atoms with E-state index in [2.05, 4.69) is 10.3 Å². The topological polar surface area (TPSA) is 54.5 Å². The molecule has 0 aliphatic heterocycles. The first-order valence-corrected chi connectivity index (χ1v) is 5.73. The SMILES string of the molecule is CCN(CC)C(=O)CNc1ccc(OC)nc1. The van der Waals surface area contributed by atoms with E-state index in [1.165, 1.54) is 0 Å². The molecule has 1 rings (SSSR count). The lowest BCUT2D eigenvalue weighted by atomic mass is 10.4. The number of anilines is 1. The van der Waals surface area contributed by atoms with Gasteiger partial charge in [-0.25, -0.2) is 4.98 Å². The zero-order chi connectivity index (χ0) is 12.7. The molecule has 0 spiro atoms. The molecule has 5 nitrogen and oxygen atoms in total. The average Bonchev–Trinajstić information content (AvgIpc) is 2.38. The number of carbonyl (C=O) groups excluding carboxylic acids is 1. The van der Waals surface area contributed by atoms with Gasteiger partial charge in [0.25, 0.3) is 0 Å². The Morgan fingerprint density at radius 3 is 2.59 bits per heavy atom. The maximum absolute atomic E-state index is 11.7. The molecule has 1 aromatic heterocycles. The molecule has 0 saturated heterocycles. The fourth-order valence-corrected chi connectivity index (χ4v) is 1.47. The molecule has 1 aromatic rings. The summed E-state index contributed by atoms with van der Waals surface area (Å²) in [7, 11) is 1.57. The van der Waals surface area contributed by atoms with Gasteiger partial charge in [0, 0.05) is 19.2 Å². The summed E-state index contributed by atoms with van der Waals surface area (Å²) >= 11 is 0. The standard InChI is InChI=1S/C12H19N3O2/c1-4-15(5-2)12(16)9-13-10-6-7-11(17-3)14-8-10/h6-8,13H,4-5,9H2,1-3H3. The van der Waals surface area contributed by atoms with Crippen molar-refractivity contribution >= 4 is 11.6 Å². The molecule has 0 aliphatic rings. The monoisotopic (exact) mass is 237 g/mol. The molecule has 1 heterocycles.